The zero-order chi connectivity index (χ0) is 11.3. The van der Waals surface area contributed by atoms with Gasteiger partial charge in [-0.1, -0.05) is 0 Å². The quantitative estimate of drug-likeness (QED) is 0.692. The molecule has 0 bridgehead atoms. The lowest BCUT2D eigenvalue weighted by Gasteiger charge is -2.28. The molecular weight excluding hydrogens is 194 g/mol. The average Bonchev–Trinajstić information content (AvgIpc) is 2.50. The molecule has 0 aromatic carbocycles. The third-order valence-corrected chi connectivity index (χ3v) is 2.23. The molecule has 15 heavy (non-hydrogen) atoms. The first-order valence-electron chi connectivity index (χ1n) is 5.52. The smallest absolute Gasteiger partial charge is 0.0980 e. The van der Waals surface area contributed by atoms with Crippen molar-refractivity contribution in [2.75, 3.05) is 33.4 Å². The Morgan fingerprint density at radius 1 is 1.13 bits per heavy atom. The van der Waals surface area contributed by atoms with Crippen LogP contribution in [0.1, 0.15) is 20.8 Å². The van der Waals surface area contributed by atoms with Crippen molar-refractivity contribution in [1.82, 2.24) is 5.32 Å². The number of hydrogen-bond donors (Lipinski definition) is 1. The van der Waals surface area contributed by atoms with E-state index in [2.05, 4.69) is 26.1 Å². The van der Waals surface area contributed by atoms with Gasteiger partial charge in [0.25, 0.3) is 0 Å². The Morgan fingerprint density at radius 2 is 1.80 bits per heavy atom. The van der Waals surface area contributed by atoms with Gasteiger partial charge in [0.1, 0.15) is 0 Å². The maximum atomic E-state index is 5.91. The Balaban J connectivity index is 2.29. The summed E-state index contributed by atoms with van der Waals surface area (Å²) < 4.78 is 16.6. The van der Waals surface area contributed by atoms with Crippen molar-refractivity contribution in [2.24, 2.45) is 0 Å². The molecule has 1 heterocycles. The van der Waals surface area contributed by atoms with Crippen LogP contribution in [0.15, 0.2) is 0 Å². The summed E-state index contributed by atoms with van der Waals surface area (Å²) in [6, 6.07) is 0. The van der Waals surface area contributed by atoms with Crippen molar-refractivity contribution < 1.29 is 14.2 Å². The van der Waals surface area contributed by atoms with Crippen LogP contribution in [0, 0.1) is 0 Å². The molecule has 1 N–H and O–H groups in total. The van der Waals surface area contributed by atoms with E-state index in [-0.39, 0.29) is 17.8 Å². The summed E-state index contributed by atoms with van der Waals surface area (Å²) in [5.41, 5.74) is -0.112. The third-order valence-electron chi connectivity index (χ3n) is 2.23. The normalized spacial score (nSPS) is 27.2. The van der Waals surface area contributed by atoms with Crippen LogP contribution in [-0.4, -0.2) is 51.2 Å². The highest BCUT2D eigenvalue weighted by Gasteiger charge is 2.31. The molecule has 0 amide bonds. The first-order chi connectivity index (χ1) is 7.03. The van der Waals surface area contributed by atoms with Gasteiger partial charge in [-0.2, -0.15) is 0 Å². The highest BCUT2D eigenvalue weighted by molar-refractivity contribution is 4.85. The molecule has 1 fully saturated rings. The zero-order valence-corrected chi connectivity index (χ0v) is 10.2. The number of rotatable bonds is 5. The van der Waals surface area contributed by atoms with E-state index in [1.54, 1.807) is 7.11 Å². The van der Waals surface area contributed by atoms with Gasteiger partial charge in [-0.25, -0.2) is 0 Å². The van der Waals surface area contributed by atoms with Crippen LogP contribution in [-0.2, 0) is 14.2 Å². The molecule has 0 aliphatic carbocycles. The van der Waals surface area contributed by atoms with Crippen LogP contribution < -0.4 is 5.32 Å². The van der Waals surface area contributed by atoms with E-state index in [4.69, 9.17) is 14.2 Å². The molecule has 0 radical (unpaired) electrons. The molecule has 4 heteroatoms. The van der Waals surface area contributed by atoms with Gasteiger partial charge in [0.15, 0.2) is 0 Å². The van der Waals surface area contributed by atoms with Crippen LogP contribution in [0.3, 0.4) is 0 Å². The summed E-state index contributed by atoms with van der Waals surface area (Å²) in [6.45, 7) is 9.21. The van der Waals surface area contributed by atoms with Gasteiger partial charge < -0.3 is 19.5 Å². The van der Waals surface area contributed by atoms with Gasteiger partial charge in [0.2, 0.25) is 0 Å². The lowest BCUT2D eigenvalue weighted by molar-refractivity contribution is -0.112. The highest BCUT2D eigenvalue weighted by Crippen LogP contribution is 2.17. The fraction of sp³-hybridized carbons (Fsp3) is 1.00. The molecule has 1 saturated heterocycles. The number of ether oxygens (including phenoxy) is 3. The van der Waals surface area contributed by atoms with Crippen molar-refractivity contribution in [2.45, 2.75) is 38.6 Å². The number of methoxy groups -OCH3 is 1. The van der Waals surface area contributed by atoms with Crippen molar-refractivity contribution in [3.8, 4) is 0 Å². The number of nitrogens with one attached hydrogen (secondary N) is 1. The Bertz CT molecular complexity index is 179. The van der Waals surface area contributed by atoms with E-state index in [0.29, 0.717) is 13.2 Å². The molecule has 4 nitrogen and oxygen atoms in total. The predicted molar refractivity (Wildman–Crippen MR) is 59.1 cm³/mol. The second-order valence-corrected chi connectivity index (χ2v) is 4.83. The largest absolute Gasteiger partial charge is 0.382 e. The van der Waals surface area contributed by atoms with Crippen LogP contribution >= 0.6 is 0 Å². The Kier molecular flexibility index (Phi) is 4.99. The molecule has 0 saturated carbocycles. The molecular formula is C11H23NO3. The molecule has 1 aliphatic heterocycles. The molecule has 90 valence electrons. The molecule has 0 aromatic heterocycles. The van der Waals surface area contributed by atoms with Gasteiger partial charge in [-0.05, 0) is 20.8 Å². The first-order valence-corrected chi connectivity index (χ1v) is 5.52. The van der Waals surface area contributed by atoms with Crippen LogP contribution in [0.25, 0.3) is 0 Å². The van der Waals surface area contributed by atoms with Crippen LogP contribution in [0.4, 0.5) is 0 Å². The standard InChI is InChI=1S/C11H23NO3/c1-11(2,3)15-10-8-12-7-9(10)14-6-5-13-4/h9-10,12H,5-8H2,1-4H3/t9-,10-/m1/s1. The van der Waals surface area contributed by atoms with E-state index in [9.17, 15) is 0 Å². The van der Waals surface area contributed by atoms with E-state index in [1.165, 1.54) is 0 Å². The van der Waals surface area contributed by atoms with Crippen molar-refractivity contribution in [3.63, 3.8) is 0 Å². The average molecular weight is 217 g/mol. The second kappa shape index (κ2) is 5.80. The fourth-order valence-corrected chi connectivity index (χ4v) is 1.65. The SMILES string of the molecule is COCCO[C@@H]1CNC[C@H]1OC(C)(C)C. The van der Waals surface area contributed by atoms with Gasteiger partial charge in [0, 0.05) is 20.2 Å². The Morgan fingerprint density at radius 3 is 2.40 bits per heavy atom. The molecule has 0 aromatic rings. The summed E-state index contributed by atoms with van der Waals surface area (Å²) >= 11 is 0. The summed E-state index contributed by atoms with van der Waals surface area (Å²) in [5.74, 6) is 0. The van der Waals surface area contributed by atoms with E-state index in [0.717, 1.165) is 13.1 Å². The first kappa shape index (κ1) is 12.9. The predicted octanol–water partition coefficient (Wildman–Crippen LogP) is 0.805. The summed E-state index contributed by atoms with van der Waals surface area (Å²) in [6.07, 6.45) is 0.307. The molecule has 0 spiro atoms. The lowest BCUT2D eigenvalue weighted by Crippen LogP contribution is -2.37. The number of hydrogen-bond acceptors (Lipinski definition) is 4. The Labute approximate surface area is 92.3 Å². The minimum Gasteiger partial charge on any atom is -0.382 e. The van der Waals surface area contributed by atoms with Crippen molar-refractivity contribution >= 4 is 0 Å². The monoisotopic (exact) mass is 217 g/mol. The Hall–Kier alpha value is -0.160. The molecule has 1 aliphatic rings. The fourth-order valence-electron chi connectivity index (χ4n) is 1.65. The minimum absolute atomic E-state index is 0.112. The van der Waals surface area contributed by atoms with Gasteiger partial charge in [0.05, 0.1) is 31.0 Å². The molecule has 2 atom stereocenters. The summed E-state index contributed by atoms with van der Waals surface area (Å²) in [4.78, 5) is 0. The summed E-state index contributed by atoms with van der Waals surface area (Å²) in [5, 5.41) is 3.28. The van der Waals surface area contributed by atoms with E-state index in [1.807, 2.05) is 0 Å². The minimum atomic E-state index is -0.112. The maximum absolute atomic E-state index is 5.91. The second-order valence-electron chi connectivity index (χ2n) is 4.83. The van der Waals surface area contributed by atoms with Crippen LogP contribution in [0.2, 0.25) is 0 Å². The lowest BCUT2D eigenvalue weighted by atomic mass is 10.1. The topological polar surface area (TPSA) is 39.7 Å². The van der Waals surface area contributed by atoms with Crippen molar-refractivity contribution in [1.29, 1.82) is 0 Å². The van der Waals surface area contributed by atoms with E-state index >= 15 is 0 Å². The van der Waals surface area contributed by atoms with Crippen LogP contribution in [0.5, 0.6) is 0 Å². The molecule has 0 unspecified atom stereocenters. The van der Waals surface area contributed by atoms with Gasteiger partial charge in [-0.3, -0.25) is 0 Å². The summed E-state index contributed by atoms with van der Waals surface area (Å²) in [7, 11) is 1.68. The van der Waals surface area contributed by atoms with E-state index < -0.39 is 0 Å². The van der Waals surface area contributed by atoms with Crippen molar-refractivity contribution in [3.05, 3.63) is 0 Å². The van der Waals surface area contributed by atoms with Gasteiger partial charge in [-0.15, -0.1) is 0 Å². The van der Waals surface area contributed by atoms with Gasteiger partial charge >= 0.3 is 0 Å². The third kappa shape index (κ3) is 4.93. The zero-order valence-electron chi connectivity index (χ0n) is 10.2. The maximum Gasteiger partial charge on any atom is 0.0980 e. The molecule has 1 rings (SSSR count). The highest BCUT2D eigenvalue weighted by atomic mass is 16.6.